The highest BCUT2D eigenvalue weighted by molar-refractivity contribution is 5.82. The van der Waals surface area contributed by atoms with Crippen LogP contribution in [0.3, 0.4) is 0 Å². The van der Waals surface area contributed by atoms with Gasteiger partial charge in [-0.25, -0.2) is 0 Å². The number of carbonyl (C=O) groups is 2. The van der Waals surface area contributed by atoms with Crippen molar-refractivity contribution in [1.82, 2.24) is 19.6 Å². The fraction of sp³-hybridized carbons (Fsp3) is 0.643. The Balaban J connectivity index is 2.22. The molecule has 6 nitrogen and oxygen atoms in total. The van der Waals surface area contributed by atoms with Crippen LogP contribution in [0.4, 0.5) is 0 Å². The monoisotopic (exact) mass is 278 g/mol. The molecule has 0 bridgehead atoms. The van der Waals surface area contributed by atoms with E-state index >= 15 is 0 Å². The highest BCUT2D eigenvalue weighted by Gasteiger charge is 2.33. The molecule has 0 saturated heterocycles. The van der Waals surface area contributed by atoms with Gasteiger partial charge in [0.2, 0.25) is 11.8 Å². The van der Waals surface area contributed by atoms with E-state index in [1.165, 1.54) is 0 Å². The average molecular weight is 278 g/mol. The maximum atomic E-state index is 12.3. The van der Waals surface area contributed by atoms with Crippen LogP contribution in [-0.4, -0.2) is 52.0 Å². The molecule has 20 heavy (non-hydrogen) atoms. The number of aromatic nitrogens is 2. The van der Waals surface area contributed by atoms with Gasteiger partial charge >= 0.3 is 0 Å². The summed E-state index contributed by atoms with van der Waals surface area (Å²) in [5, 5.41) is 4.23. The molecule has 0 radical (unpaired) electrons. The van der Waals surface area contributed by atoms with Gasteiger partial charge in [0.25, 0.3) is 0 Å². The zero-order valence-electron chi connectivity index (χ0n) is 12.5. The second-order valence-electron chi connectivity index (χ2n) is 5.89. The highest BCUT2D eigenvalue weighted by Crippen LogP contribution is 2.22. The zero-order valence-corrected chi connectivity index (χ0v) is 12.5. The van der Waals surface area contributed by atoms with Gasteiger partial charge in [0.05, 0.1) is 18.8 Å². The molecular formula is C14H22N4O2. The standard InChI is InChI=1S/C14H22N4O2/c1-10(2)7-13(19)17-8-11-5-6-15-18(11)12(9-17)14(20)16(3)4/h5-6,10,12H,7-9H2,1-4H3. The normalized spacial score (nSPS) is 18.1. The molecule has 0 aromatic carbocycles. The third-order valence-electron chi connectivity index (χ3n) is 3.46. The first-order valence-electron chi connectivity index (χ1n) is 6.91. The summed E-state index contributed by atoms with van der Waals surface area (Å²) in [5.74, 6) is 0.387. The molecule has 1 aromatic rings. The molecule has 1 aliphatic rings. The Morgan fingerprint density at radius 1 is 1.45 bits per heavy atom. The molecule has 0 fully saturated rings. The Bertz CT molecular complexity index is 507. The lowest BCUT2D eigenvalue weighted by molar-refractivity contribution is -0.139. The number of carbonyl (C=O) groups excluding carboxylic acids is 2. The van der Waals surface area contributed by atoms with Gasteiger partial charge in [-0.05, 0) is 12.0 Å². The fourth-order valence-electron chi connectivity index (χ4n) is 2.44. The number of likely N-dealkylation sites (N-methyl/N-ethyl adjacent to an activating group) is 1. The van der Waals surface area contributed by atoms with E-state index in [-0.39, 0.29) is 11.8 Å². The van der Waals surface area contributed by atoms with Crippen LogP contribution >= 0.6 is 0 Å². The molecular weight excluding hydrogens is 256 g/mol. The molecule has 1 aromatic heterocycles. The zero-order chi connectivity index (χ0) is 14.9. The summed E-state index contributed by atoms with van der Waals surface area (Å²) in [5.41, 5.74) is 0.911. The van der Waals surface area contributed by atoms with Crippen molar-refractivity contribution >= 4 is 11.8 Å². The van der Waals surface area contributed by atoms with Crippen molar-refractivity contribution in [2.75, 3.05) is 20.6 Å². The van der Waals surface area contributed by atoms with Gasteiger partial charge in [0.1, 0.15) is 6.04 Å². The minimum atomic E-state index is -0.417. The SMILES string of the molecule is CC(C)CC(=O)N1Cc2ccnn2C(C(=O)N(C)C)C1. The van der Waals surface area contributed by atoms with Gasteiger partial charge in [0.15, 0.2) is 0 Å². The van der Waals surface area contributed by atoms with E-state index in [1.807, 2.05) is 19.9 Å². The van der Waals surface area contributed by atoms with Crippen LogP contribution in [0.5, 0.6) is 0 Å². The molecule has 2 amide bonds. The number of hydrogen-bond acceptors (Lipinski definition) is 3. The van der Waals surface area contributed by atoms with E-state index in [0.29, 0.717) is 25.4 Å². The predicted molar refractivity (Wildman–Crippen MR) is 74.8 cm³/mol. The topological polar surface area (TPSA) is 58.4 Å². The predicted octanol–water partition coefficient (Wildman–Crippen LogP) is 0.901. The largest absolute Gasteiger partial charge is 0.347 e. The summed E-state index contributed by atoms with van der Waals surface area (Å²) in [6.45, 7) is 4.98. The van der Waals surface area contributed by atoms with Crippen molar-refractivity contribution in [1.29, 1.82) is 0 Å². The van der Waals surface area contributed by atoms with Crippen molar-refractivity contribution in [2.45, 2.75) is 32.9 Å². The number of fused-ring (bicyclic) bond motifs is 1. The van der Waals surface area contributed by atoms with Gasteiger partial charge in [-0.3, -0.25) is 14.3 Å². The lowest BCUT2D eigenvalue weighted by Crippen LogP contribution is -2.47. The third-order valence-corrected chi connectivity index (χ3v) is 3.46. The molecule has 0 spiro atoms. The molecule has 2 rings (SSSR count). The second-order valence-corrected chi connectivity index (χ2v) is 5.89. The Hall–Kier alpha value is -1.85. The Morgan fingerprint density at radius 2 is 2.15 bits per heavy atom. The van der Waals surface area contributed by atoms with E-state index < -0.39 is 6.04 Å². The van der Waals surface area contributed by atoms with E-state index in [1.54, 1.807) is 34.8 Å². The molecule has 1 aliphatic heterocycles. The van der Waals surface area contributed by atoms with Crippen LogP contribution in [-0.2, 0) is 16.1 Å². The van der Waals surface area contributed by atoms with E-state index in [0.717, 1.165) is 5.69 Å². The quantitative estimate of drug-likeness (QED) is 0.825. The Kier molecular flexibility index (Phi) is 4.11. The summed E-state index contributed by atoms with van der Waals surface area (Å²) in [6.07, 6.45) is 2.19. The number of nitrogens with zero attached hydrogens (tertiary/aromatic N) is 4. The summed E-state index contributed by atoms with van der Waals surface area (Å²) in [7, 11) is 3.45. The van der Waals surface area contributed by atoms with Crippen molar-refractivity contribution < 1.29 is 9.59 Å². The van der Waals surface area contributed by atoms with Crippen LogP contribution in [0.15, 0.2) is 12.3 Å². The lowest BCUT2D eigenvalue weighted by Gasteiger charge is -2.34. The number of rotatable bonds is 3. The Labute approximate surface area is 119 Å². The van der Waals surface area contributed by atoms with Crippen molar-refractivity contribution in [3.63, 3.8) is 0 Å². The van der Waals surface area contributed by atoms with Gasteiger partial charge in [-0.15, -0.1) is 0 Å². The van der Waals surface area contributed by atoms with Crippen molar-refractivity contribution in [3.05, 3.63) is 18.0 Å². The van der Waals surface area contributed by atoms with Crippen LogP contribution in [0, 0.1) is 5.92 Å². The summed E-state index contributed by atoms with van der Waals surface area (Å²) < 4.78 is 1.74. The molecule has 0 aliphatic carbocycles. The van der Waals surface area contributed by atoms with Gasteiger partial charge in [-0.1, -0.05) is 13.8 Å². The molecule has 0 saturated carbocycles. The Morgan fingerprint density at radius 3 is 2.75 bits per heavy atom. The molecule has 2 heterocycles. The van der Waals surface area contributed by atoms with E-state index in [4.69, 9.17) is 0 Å². The fourth-order valence-corrected chi connectivity index (χ4v) is 2.44. The van der Waals surface area contributed by atoms with Gasteiger partial charge in [0, 0.05) is 26.7 Å². The summed E-state index contributed by atoms with van der Waals surface area (Å²) >= 11 is 0. The first-order valence-corrected chi connectivity index (χ1v) is 6.91. The first kappa shape index (κ1) is 14.6. The smallest absolute Gasteiger partial charge is 0.248 e. The van der Waals surface area contributed by atoms with Gasteiger partial charge < -0.3 is 9.80 Å². The summed E-state index contributed by atoms with van der Waals surface area (Å²) in [4.78, 5) is 27.8. The average Bonchev–Trinajstić information content (AvgIpc) is 2.83. The van der Waals surface area contributed by atoms with E-state index in [9.17, 15) is 9.59 Å². The highest BCUT2D eigenvalue weighted by atomic mass is 16.2. The van der Waals surface area contributed by atoms with Crippen LogP contribution in [0.2, 0.25) is 0 Å². The molecule has 1 unspecified atom stereocenters. The second kappa shape index (κ2) is 5.64. The van der Waals surface area contributed by atoms with E-state index in [2.05, 4.69) is 5.10 Å². The summed E-state index contributed by atoms with van der Waals surface area (Å²) in [6, 6.07) is 1.45. The first-order chi connectivity index (χ1) is 9.40. The minimum absolute atomic E-state index is 0.0306. The van der Waals surface area contributed by atoms with Crippen LogP contribution in [0.25, 0.3) is 0 Å². The maximum absolute atomic E-state index is 12.3. The molecule has 0 N–H and O–H groups in total. The van der Waals surface area contributed by atoms with Crippen molar-refractivity contribution in [2.24, 2.45) is 5.92 Å². The molecule has 1 atom stereocenters. The minimum Gasteiger partial charge on any atom is -0.347 e. The van der Waals surface area contributed by atoms with Gasteiger partial charge in [-0.2, -0.15) is 5.10 Å². The van der Waals surface area contributed by atoms with Crippen LogP contribution in [0.1, 0.15) is 32.0 Å². The third kappa shape index (κ3) is 2.84. The number of amides is 2. The van der Waals surface area contributed by atoms with Crippen molar-refractivity contribution in [3.8, 4) is 0 Å². The molecule has 6 heteroatoms. The number of hydrogen-bond donors (Lipinski definition) is 0. The lowest BCUT2D eigenvalue weighted by atomic mass is 10.1. The molecule has 110 valence electrons. The van der Waals surface area contributed by atoms with Crippen LogP contribution < -0.4 is 0 Å². The maximum Gasteiger partial charge on any atom is 0.248 e.